The monoisotopic (exact) mass is 268 g/mol. The average Bonchev–Trinajstić information content (AvgIpc) is 2.53. The smallest absolute Gasteiger partial charge is 0.338 e. The van der Waals surface area contributed by atoms with E-state index in [1.807, 2.05) is 54.6 Å². The summed E-state index contributed by atoms with van der Waals surface area (Å²) in [6, 6.07) is 17.4. The normalized spacial score (nSPS) is 11.9. The van der Waals surface area contributed by atoms with Crippen molar-refractivity contribution in [2.45, 2.75) is 32.8 Å². The van der Waals surface area contributed by atoms with Crippen LogP contribution in [0.15, 0.2) is 54.6 Å². The topological polar surface area (TPSA) is 26.3 Å². The van der Waals surface area contributed by atoms with Gasteiger partial charge in [-0.05, 0) is 35.6 Å². The minimum Gasteiger partial charge on any atom is -0.457 e. The predicted octanol–water partition coefficient (Wildman–Crippen LogP) is 4.56. The summed E-state index contributed by atoms with van der Waals surface area (Å²) in [5, 5.41) is 0. The number of carbonyl (C=O) groups excluding carboxylic acids is 1. The Kier molecular flexibility index (Phi) is 4.94. The van der Waals surface area contributed by atoms with E-state index in [1.165, 1.54) is 5.56 Å². The molecule has 2 aromatic carbocycles. The van der Waals surface area contributed by atoms with Crippen LogP contribution in [0.4, 0.5) is 0 Å². The Hall–Kier alpha value is -2.09. The minimum atomic E-state index is -0.274. The fraction of sp³-hybridized carbons (Fsp3) is 0.278. The average molecular weight is 268 g/mol. The van der Waals surface area contributed by atoms with Gasteiger partial charge < -0.3 is 4.74 Å². The number of carbonyl (C=O) groups is 1. The maximum Gasteiger partial charge on any atom is 0.338 e. The summed E-state index contributed by atoms with van der Waals surface area (Å²) in [7, 11) is 0. The Bertz CT molecular complexity index is 543. The van der Waals surface area contributed by atoms with Crippen LogP contribution in [0.2, 0.25) is 0 Å². The molecule has 2 heteroatoms. The van der Waals surface area contributed by atoms with E-state index in [0.717, 1.165) is 12.0 Å². The van der Waals surface area contributed by atoms with E-state index in [4.69, 9.17) is 4.74 Å². The first-order chi connectivity index (χ1) is 9.70. The van der Waals surface area contributed by atoms with Crippen LogP contribution < -0.4 is 0 Å². The molecular formula is C18H20O2. The summed E-state index contributed by atoms with van der Waals surface area (Å²) >= 11 is 0. The number of benzene rings is 2. The van der Waals surface area contributed by atoms with E-state index in [0.29, 0.717) is 18.1 Å². The molecule has 0 N–H and O–H groups in total. The number of esters is 1. The molecule has 0 bridgehead atoms. The van der Waals surface area contributed by atoms with Gasteiger partial charge in [0.2, 0.25) is 0 Å². The second-order valence-electron chi connectivity index (χ2n) is 4.99. The van der Waals surface area contributed by atoms with Crippen molar-refractivity contribution in [3.8, 4) is 0 Å². The lowest BCUT2D eigenvalue weighted by atomic mass is 9.98. The van der Waals surface area contributed by atoms with Crippen LogP contribution in [-0.2, 0) is 11.3 Å². The SMILES string of the molecule is CCC(C)c1ccc(C(=O)OCc2ccccc2)cc1. The maximum absolute atomic E-state index is 11.9. The van der Waals surface area contributed by atoms with E-state index in [9.17, 15) is 4.79 Å². The van der Waals surface area contributed by atoms with Gasteiger partial charge in [-0.2, -0.15) is 0 Å². The Morgan fingerprint density at radius 1 is 1.05 bits per heavy atom. The molecule has 0 amide bonds. The molecule has 2 nitrogen and oxygen atoms in total. The van der Waals surface area contributed by atoms with Gasteiger partial charge in [0.25, 0.3) is 0 Å². The molecule has 0 heterocycles. The third-order valence-electron chi connectivity index (χ3n) is 3.54. The number of ether oxygens (including phenoxy) is 1. The van der Waals surface area contributed by atoms with Crippen molar-refractivity contribution in [1.29, 1.82) is 0 Å². The van der Waals surface area contributed by atoms with Crippen LogP contribution in [0.3, 0.4) is 0 Å². The molecule has 0 radical (unpaired) electrons. The van der Waals surface area contributed by atoms with Crippen molar-refractivity contribution in [3.63, 3.8) is 0 Å². The molecule has 2 rings (SSSR count). The Morgan fingerprint density at radius 2 is 1.70 bits per heavy atom. The molecule has 0 aliphatic heterocycles. The van der Waals surface area contributed by atoms with Crippen LogP contribution in [0.5, 0.6) is 0 Å². The highest BCUT2D eigenvalue weighted by molar-refractivity contribution is 5.89. The van der Waals surface area contributed by atoms with Crippen molar-refractivity contribution in [2.24, 2.45) is 0 Å². The van der Waals surface area contributed by atoms with E-state index in [-0.39, 0.29) is 5.97 Å². The van der Waals surface area contributed by atoms with E-state index in [2.05, 4.69) is 13.8 Å². The standard InChI is InChI=1S/C18H20O2/c1-3-14(2)16-9-11-17(12-10-16)18(19)20-13-15-7-5-4-6-8-15/h4-12,14H,3,13H2,1-2H3. The molecule has 0 fully saturated rings. The quantitative estimate of drug-likeness (QED) is 0.743. The Morgan fingerprint density at radius 3 is 2.30 bits per heavy atom. The van der Waals surface area contributed by atoms with Crippen molar-refractivity contribution < 1.29 is 9.53 Å². The van der Waals surface area contributed by atoms with Gasteiger partial charge in [-0.25, -0.2) is 4.79 Å². The molecule has 0 saturated heterocycles. The first-order valence-corrected chi connectivity index (χ1v) is 7.01. The number of hydrogen-bond acceptors (Lipinski definition) is 2. The molecule has 0 aliphatic carbocycles. The second-order valence-corrected chi connectivity index (χ2v) is 4.99. The number of hydrogen-bond donors (Lipinski definition) is 0. The van der Waals surface area contributed by atoms with Crippen LogP contribution >= 0.6 is 0 Å². The molecule has 104 valence electrons. The summed E-state index contributed by atoms with van der Waals surface area (Å²) in [5.74, 6) is 0.244. The molecule has 0 aliphatic rings. The van der Waals surface area contributed by atoms with Crippen LogP contribution in [0, 0.1) is 0 Å². The van der Waals surface area contributed by atoms with Gasteiger partial charge in [-0.3, -0.25) is 0 Å². The summed E-state index contributed by atoms with van der Waals surface area (Å²) in [5.41, 5.74) is 2.86. The van der Waals surface area contributed by atoms with Gasteiger partial charge >= 0.3 is 5.97 Å². The Labute approximate surface area is 120 Å². The van der Waals surface area contributed by atoms with Gasteiger partial charge in [0, 0.05) is 0 Å². The third kappa shape index (κ3) is 3.70. The Balaban J connectivity index is 1.96. The molecule has 20 heavy (non-hydrogen) atoms. The van der Waals surface area contributed by atoms with Crippen molar-refractivity contribution in [2.75, 3.05) is 0 Å². The molecule has 0 aromatic heterocycles. The van der Waals surface area contributed by atoms with E-state index in [1.54, 1.807) is 0 Å². The van der Waals surface area contributed by atoms with Gasteiger partial charge in [-0.1, -0.05) is 56.3 Å². The fourth-order valence-corrected chi connectivity index (χ4v) is 1.99. The van der Waals surface area contributed by atoms with Crippen LogP contribution in [0.25, 0.3) is 0 Å². The lowest BCUT2D eigenvalue weighted by molar-refractivity contribution is 0.0472. The van der Waals surface area contributed by atoms with Gasteiger partial charge in [0.1, 0.15) is 6.61 Å². The summed E-state index contributed by atoms with van der Waals surface area (Å²) < 4.78 is 5.30. The van der Waals surface area contributed by atoms with Gasteiger partial charge in [0.05, 0.1) is 5.56 Å². The molecular weight excluding hydrogens is 248 g/mol. The molecule has 0 spiro atoms. The predicted molar refractivity (Wildman–Crippen MR) is 80.7 cm³/mol. The van der Waals surface area contributed by atoms with E-state index >= 15 is 0 Å². The lowest BCUT2D eigenvalue weighted by Gasteiger charge is -2.09. The molecule has 2 aromatic rings. The second kappa shape index (κ2) is 6.90. The van der Waals surface area contributed by atoms with Crippen molar-refractivity contribution in [3.05, 3.63) is 71.3 Å². The number of rotatable bonds is 5. The van der Waals surface area contributed by atoms with Crippen molar-refractivity contribution >= 4 is 5.97 Å². The summed E-state index contributed by atoms with van der Waals surface area (Å²) in [6.45, 7) is 4.65. The summed E-state index contributed by atoms with van der Waals surface area (Å²) in [6.07, 6.45) is 1.10. The largest absolute Gasteiger partial charge is 0.457 e. The molecule has 0 saturated carbocycles. The molecule has 1 unspecified atom stereocenters. The highest BCUT2D eigenvalue weighted by atomic mass is 16.5. The fourth-order valence-electron chi connectivity index (χ4n) is 1.99. The highest BCUT2D eigenvalue weighted by Gasteiger charge is 2.09. The lowest BCUT2D eigenvalue weighted by Crippen LogP contribution is -2.05. The zero-order valence-corrected chi connectivity index (χ0v) is 12.0. The first kappa shape index (κ1) is 14.3. The van der Waals surface area contributed by atoms with E-state index < -0.39 is 0 Å². The zero-order chi connectivity index (χ0) is 14.4. The third-order valence-corrected chi connectivity index (χ3v) is 3.54. The summed E-state index contributed by atoms with van der Waals surface area (Å²) in [4.78, 5) is 11.9. The first-order valence-electron chi connectivity index (χ1n) is 7.01. The maximum atomic E-state index is 11.9. The van der Waals surface area contributed by atoms with Crippen molar-refractivity contribution in [1.82, 2.24) is 0 Å². The minimum absolute atomic E-state index is 0.274. The van der Waals surface area contributed by atoms with Gasteiger partial charge in [-0.15, -0.1) is 0 Å². The zero-order valence-electron chi connectivity index (χ0n) is 12.0. The van der Waals surface area contributed by atoms with Crippen LogP contribution in [0.1, 0.15) is 47.7 Å². The van der Waals surface area contributed by atoms with Gasteiger partial charge in [0.15, 0.2) is 0 Å². The molecule has 1 atom stereocenters. The highest BCUT2D eigenvalue weighted by Crippen LogP contribution is 2.19. The van der Waals surface area contributed by atoms with Crippen LogP contribution in [-0.4, -0.2) is 5.97 Å².